The molecule has 4 aromatic rings. The van der Waals surface area contributed by atoms with Gasteiger partial charge in [-0.3, -0.25) is 14.3 Å². The molecule has 0 aliphatic carbocycles. The second-order valence-electron chi connectivity index (χ2n) is 7.33. The predicted molar refractivity (Wildman–Crippen MR) is 120 cm³/mol. The van der Waals surface area contributed by atoms with Crippen LogP contribution in [0.3, 0.4) is 0 Å². The Morgan fingerprint density at radius 1 is 1.03 bits per heavy atom. The first-order valence-electron chi connectivity index (χ1n) is 9.55. The molecule has 0 fully saturated rings. The lowest BCUT2D eigenvalue weighted by Gasteiger charge is -2.14. The first kappa shape index (κ1) is 19.9. The number of aromatic nitrogens is 3. The number of carbonyl (C=O) groups is 1. The van der Waals surface area contributed by atoms with E-state index in [4.69, 9.17) is 11.6 Å². The van der Waals surface area contributed by atoms with Gasteiger partial charge in [0.05, 0.1) is 11.1 Å². The molecule has 0 spiro atoms. The zero-order valence-corrected chi connectivity index (χ0v) is 17.7. The molecule has 0 aliphatic heterocycles. The van der Waals surface area contributed by atoms with Crippen LogP contribution in [0.1, 0.15) is 16.7 Å². The van der Waals surface area contributed by atoms with Crippen LogP contribution in [-0.4, -0.2) is 20.3 Å². The molecule has 4 rings (SSSR count). The van der Waals surface area contributed by atoms with E-state index in [-0.39, 0.29) is 18.0 Å². The van der Waals surface area contributed by atoms with E-state index in [2.05, 4.69) is 10.3 Å². The first-order valence-corrected chi connectivity index (χ1v) is 9.93. The number of amides is 1. The monoisotopic (exact) mass is 420 g/mol. The molecule has 1 amide bonds. The number of fused-ring (bicyclic) bond motifs is 1. The van der Waals surface area contributed by atoms with Crippen LogP contribution in [0.25, 0.3) is 16.7 Å². The van der Waals surface area contributed by atoms with Crippen molar-refractivity contribution in [3.8, 4) is 5.69 Å². The highest BCUT2D eigenvalue weighted by atomic mass is 35.5. The van der Waals surface area contributed by atoms with Gasteiger partial charge < -0.3 is 5.32 Å². The van der Waals surface area contributed by atoms with Crippen LogP contribution in [-0.2, 0) is 11.3 Å². The summed E-state index contributed by atoms with van der Waals surface area (Å²) < 4.78 is 3.12. The van der Waals surface area contributed by atoms with E-state index >= 15 is 0 Å². The molecular formula is C23H21ClN4O2. The Balaban J connectivity index is 1.79. The van der Waals surface area contributed by atoms with Gasteiger partial charge in [0.25, 0.3) is 5.56 Å². The van der Waals surface area contributed by atoms with Crippen LogP contribution in [0.15, 0.2) is 59.5 Å². The molecule has 0 unspecified atom stereocenters. The van der Waals surface area contributed by atoms with Crippen molar-refractivity contribution < 1.29 is 4.79 Å². The minimum Gasteiger partial charge on any atom is -0.324 e. The summed E-state index contributed by atoms with van der Waals surface area (Å²) in [5, 5.41) is 3.88. The third-order valence-corrected chi connectivity index (χ3v) is 5.43. The lowest BCUT2D eigenvalue weighted by molar-refractivity contribution is -0.116. The van der Waals surface area contributed by atoms with E-state index in [0.717, 1.165) is 16.7 Å². The number of pyridine rings is 1. The van der Waals surface area contributed by atoms with E-state index in [9.17, 15) is 9.59 Å². The molecule has 2 aromatic carbocycles. The quantitative estimate of drug-likeness (QED) is 0.531. The molecule has 0 saturated carbocycles. The first-order chi connectivity index (χ1) is 14.3. The highest BCUT2D eigenvalue weighted by Crippen LogP contribution is 2.21. The summed E-state index contributed by atoms with van der Waals surface area (Å²) in [5.74, 6) is -0.277. The maximum Gasteiger partial charge on any atom is 0.280 e. The van der Waals surface area contributed by atoms with Gasteiger partial charge in [-0.1, -0.05) is 23.7 Å². The lowest BCUT2D eigenvalue weighted by Crippen LogP contribution is -2.27. The largest absolute Gasteiger partial charge is 0.324 e. The summed E-state index contributed by atoms with van der Waals surface area (Å²) in [6, 6.07) is 14.5. The van der Waals surface area contributed by atoms with Gasteiger partial charge in [-0.05, 0) is 73.9 Å². The number of benzene rings is 2. The molecule has 152 valence electrons. The van der Waals surface area contributed by atoms with E-state index < -0.39 is 0 Å². The van der Waals surface area contributed by atoms with Crippen LogP contribution in [0.2, 0.25) is 5.02 Å². The molecule has 7 heteroatoms. The minimum atomic E-state index is -0.277. The Hall–Kier alpha value is -3.38. The Labute approximate surface area is 178 Å². The van der Waals surface area contributed by atoms with Crippen molar-refractivity contribution in [3.63, 3.8) is 0 Å². The molecule has 0 atom stereocenters. The number of hydrogen-bond acceptors (Lipinski definition) is 3. The van der Waals surface area contributed by atoms with E-state index in [0.29, 0.717) is 27.4 Å². The summed E-state index contributed by atoms with van der Waals surface area (Å²) in [7, 11) is 0. The third kappa shape index (κ3) is 3.62. The van der Waals surface area contributed by atoms with Crippen molar-refractivity contribution in [3.05, 3.63) is 86.8 Å². The smallest absolute Gasteiger partial charge is 0.280 e. The fourth-order valence-corrected chi connectivity index (χ4v) is 3.57. The molecule has 2 heterocycles. The highest BCUT2D eigenvalue weighted by molar-refractivity contribution is 6.31. The Bertz CT molecular complexity index is 1340. The molecule has 0 aliphatic rings. The fourth-order valence-electron chi connectivity index (χ4n) is 3.40. The van der Waals surface area contributed by atoms with Crippen LogP contribution < -0.4 is 10.9 Å². The highest BCUT2D eigenvalue weighted by Gasteiger charge is 2.18. The number of halogens is 1. The number of carbonyl (C=O) groups excluding carboxylic acids is 1. The van der Waals surface area contributed by atoms with Crippen molar-refractivity contribution in [1.82, 2.24) is 14.3 Å². The zero-order chi connectivity index (χ0) is 21.4. The second kappa shape index (κ2) is 7.80. The van der Waals surface area contributed by atoms with Crippen molar-refractivity contribution in [2.75, 3.05) is 5.32 Å². The van der Waals surface area contributed by atoms with Gasteiger partial charge >= 0.3 is 0 Å². The number of aryl methyl sites for hydroxylation is 3. The van der Waals surface area contributed by atoms with Gasteiger partial charge in [-0.2, -0.15) is 0 Å². The lowest BCUT2D eigenvalue weighted by atomic mass is 10.1. The minimum absolute atomic E-state index is 0.0748. The summed E-state index contributed by atoms with van der Waals surface area (Å²) in [6.07, 6.45) is 1.61. The van der Waals surface area contributed by atoms with Crippen LogP contribution >= 0.6 is 11.6 Å². The zero-order valence-electron chi connectivity index (χ0n) is 16.9. The van der Waals surface area contributed by atoms with E-state index in [1.54, 1.807) is 35.1 Å². The topological polar surface area (TPSA) is 68.9 Å². The van der Waals surface area contributed by atoms with Gasteiger partial charge in [0, 0.05) is 16.9 Å². The molecule has 6 nitrogen and oxygen atoms in total. The second-order valence-corrected chi connectivity index (χ2v) is 7.76. The van der Waals surface area contributed by atoms with Crippen molar-refractivity contribution in [1.29, 1.82) is 0 Å². The number of nitrogens with one attached hydrogen (secondary N) is 1. The predicted octanol–water partition coefficient (Wildman–Crippen LogP) is 4.40. The maximum absolute atomic E-state index is 13.1. The van der Waals surface area contributed by atoms with Crippen molar-refractivity contribution in [2.45, 2.75) is 27.3 Å². The normalized spacial score (nSPS) is 11.1. The van der Waals surface area contributed by atoms with Crippen LogP contribution in [0.5, 0.6) is 0 Å². The maximum atomic E-state index is 13.1. The number of rotatable bonds is 4. The molecule has 0 saturated heterocycles. The molecule has 1 N–H and O–H groups in total. The molecule has 2 aromatic heterocycles. The molecular weight excluding hydrogens is 400 g/mol. The number of nitrogens with zero attached hydrogens (tertiary/aromatic N) is 3. The van der Waals surface area contributed by atoms with Gasteiger partial charge in [0.1, 0.15) is 6.54 Å². The molecule has 0 bridgehead atoms. The van der Waals surface area contributed by atoms with Gasteiger partial charge in [0.15, 0.2) is 5.65 Å². The summed E-state index contributed by atoms with van der Waals surface area (Å²) in [5.41, 5.74) is 4.65. The standard InChI is InChI=1S/C23H21ClN4O2/c1-14-7-9-18(11-16(14)3)28-23(30)19-5-4-10-25-22(19)27(28)13-21(29)26-20-12-17(24)8-6-15(20)2/h4-12H,13H2,1-3H3,(H,26,29). The Morgan fingerprint density at radius 3 is 2.57 bits per heavy atom. The number of hydrogen-bond donors (Lipinski definition) is 1. The van der Waals surface area contributed by atoms with Crippen LogP contribution in [0, 0.1) is 20.8 Å². The van der Waals surface area contributed by atoms with E-state index in [1.807, 2.05) is 45.0 Å². The Kier molecular flexibility index (Phi) is 5.18. The van der Waals surface area contributed by atoms with Crippen molar-refractivity contribution in [2.24, 2.45) is 0 Å². The molecule has 30 heavy (non-hydrogen) atoms. The average Bonchev–Trinajstić information content (AvgIpc) is 2.99. The van der Waals surface area contributed by atoms with Gasteiger partial charge in [0.2, 0.25) is 5.91 Å². The summed E-state index contributed by atoms with van der Waals surface area (Å²) in [4.78, 5) is 30.4. The Morgan fingerprint density at radius 2 is 1.80 bits per heavy atom. The number of anilines is 1. The average molecular weight is 421 g/mol. The fraction of sp³-hybridized carbons (Fsp3) is 0.174. The van der Waals surface area contributed by atoms with E-state index in [1.165, 1.54) is 4.68 Å². The summed E-state index contributed by atoms with van der Waals surface area (Å²) in [6.45, 7) is 5.82. The third-order valence-electron chi connectivity index (χ3n) is 5.20. The van der Waals surface area contributed by atoms with Gasteiger partial charge in [-0.15, -0.1) is 0 Å². The van der Waals surface area contributed by atoms with Crippen molar-refractivity contribution >= 4 is 34.2 Å². The van der Waals surface area contributed by atoms with Crippen LogP contribution in [0.4, 0.5) is 5.69 Å². The summed E-state index contributed by atoms with van der Waals surface area (Å²) >= 11 is 6.06. The van der Waals surface area contributed by atoms with Gasteiger partial charge in [-0.25, -0.2) is 9.67 Å². The molecule has 0 radical (unpaired) electrons. The SMILES string of the molecule is Cc1ccc(-n2c(=O)c3cccnc3n2CC(=O)Nc2cc(Cl)ccc2C)cc1C.